The van der Waals surface area contributed by atoms with Crippen molar-refractivity contribution in [3.63, 3.8) is 0 Å². The SMILES string of the molecule is Brc1ccc(-c2cccc(-n3c4ccccc4c4ccccc43)c2)cc1.c1cc(-c2ccc(N(c3ccc(-c4cccc5ccccc45)cc3)c3ccc(-c4cccc5oc6ccccc6c45)cc3)cc2)cc(-n2c3ccccc3c3ccccc32)c1.c1ccc2c(-c3ccc(Nc4ccc(-c5cccc6oc7ccccc7c56)cc4)cc3)cccc2c1. The van der Waals surface area contributed by atoms with E-state index in [-0.39, 0.29) is 0 Å². The Hall–Kier alpha value is -15.8. The van der Waals surface area contributed by atoms with E-state index in [4.69, 9.17) is 8.83 Å². The summed E-state index contributed by atoms with van der Waals surface area (Å²) in [5.74, 6) is 0. The van der Waals surface area contributed by atoms with E-state index in [0.717, 1.165) is 99.2 Å². The highest BCUT2D eigenvalue weighted by molar-refractivity contribution is 9.10. The van der Waals surface area contributed by atoms with Crippen LogP contribution in [0.4, 0.5) is 28.4 Å². The van der Waals surface area contributed by atoms with Gasteiger partial charge in [-0.25, -0.2) is 0 Å². The van der Waals surface area contributed by atoms with E-state index in [2.05, 4.69) is 466 Å². The molecule has 0 bridgehead atoms. The van der Waals surface area contributed by atoms with Crippen LogP contribution in [0.3, 0.4) is 0 Å². The smallest absolute Gasteiger partial charge is 0.136 e. The van der Waals surface area contributed by atoms with Gasteiger partial charge in [-0.15, -0.1) is 0 Å². The lowest BCUT2D eigenvalue weighted by atomic mass is 9.97. The minimum absolute atomic E-state index is 0.899. The zero-order valence-corrected chi connectivity index (χ0v) is 68.5. The quantitative estimate of drug-likeness (QED) is 0.125. The summed E-state index contributed by atoms with van der Waals surface area (Å²) in [7, 11) is 0. The molecule has 0 aliphatic rings. The van der Waals surface area contributed by atoms with Gasteiger partial charge in [0.15, 0.2) is 0 Å². The third kappa shape index (κ3) is 13.9. The van der Waals surface area contributed by atoms with Gasteiger partial charge in [0.05, 0.1) is 22.1 Å². The summed E-state index contributed by atoms with van der Waals surface area (Å²) in [4.78, 5) is 2.35. The van der Waals surface area contributed by atoms with Gasteiger partial charge in [0.25, 0.3) is 0 Å². The van der Waals surface area contributed by atoms with Gasteiger partial charge in [-0.05, 0) is 234 Å². The highest BCUT2D eigenvalue weighted by Gasteiger charge is 2.21. The van der Waals surface area contributed by atoms with Crippen molar-refractivity contribution in [2.75, 3.05) is 10.2 Å². The normalized spacial score (nSPS) is 11.5. The Balaban J connectivity index is 0.000000122. The molecule has 6 nitrogen and oxygen atoms in total. The predicted molar refractivity (Wildman–Crippen MR) is 522 cm³/mol. The molecule has 24 aromatic rings. The number of para-hydroxylation sites is 6. The van der Waals surface area contributed by atoms with Crippen LogP contribution in [0.15, 0.2) is 474 Å². The molecule has 20 aromatic carbocycles. The van der Waals surface area contributed by atoms with Crippen LogP contribution in [-0.4, -0.2) is 9.13 Å². The summed E-state index contributed by atoms with van der Waals surface area (Å²) in [6.07, 6.45) is 0. The van der Waals surface area contributed by atoms with Crippen molar-refractivity contribution < 1.29 is 8.83 Å². The van der Waals surface area contributed by atoms with E-state index in [1.165, 1.54) is 121 Å². The molecule has 580 valence electrons. The van der Waals surface area contributed by atoms with E-state index >= 15 is 0 Å². The van der Waals surface area contributed by atoms with Crippen molar-refractivity contribution in [3.8, 4) is 78.1 Å². The lowest BCUT2D eigenvalue weighted by molar-refractivity contribution is 0.668. The summed E-state index contributed by atoms with van der Waals surface area (Å²) in [6.45, 7) is 0. The number of nitrogens with zero attached hydrogens (tertiary/aromatic N) is 3. The van der Waals surface area contributed by atoms with Crippen LogP contribution >= 0.6 is 15.9 Å². The van der Waals surface area contributed by atoms with Gasteiger partial charge < -0.3 is 28.2 Å². The molecule has 4 heterocycles. The van der Waals surface area contributed by atoms with Crippen molar-refractivity contribution in [2.24, 2.45) is 0 Å². The highest BCUT2D eigenvalue weighted by atomic mass is 79.9. The Morgan fingerprint density at radius 1 is 0.211 bits per heavy atom. The number of halogens is 1. The largest absolute Gasteiger partial charge is 0.456 e. The van der Waals surface area contributed by atoms with E-state index in [1.807, 2.05) is 30.3 Å². The fourth-order valence-corrected chi connectivity index (χ4v) is 18.4. The lowest BCUT2D eigenvalue weighted by Gasteiger charge is -2.26. The molecule has 4 aromatic heterocycles. The van der Waals surface area contributed by atoms with Gasteiger partial charge in [0.2, 0.25) is 0 Å². The number of furan rings is 2. The first-order valence-corrected chi connectivity index (χ1v) is 42.5. The van der Waals surface area contributed by atoms with Crippen molar-refractivity contribution in [2.45, 2.75) is 0 Å². The summed E-state index contributed by atoms with van der Waals surface area (Å²) in [5.41, 5.74) is 30.5. The first kappa shape index (κ1) is 73.6. The van der Waals surface area contributed by atoms with Crippen LogP contribution in [0.2, 0.25) is 0 Å². The van der Waals surface area contributed by atoms with Gasteiger partial charge in [-0.2, -0.15) is 0 Å². The first-order valence-electron chi connectivity index (χ1n) is 41.7. The molecule has 0 radical (unpaired) electrons. The first-order chi connectivity index (χ1) is 60.9. The number of hydrogen-bond donors (Lipinski definition) is 1. The van der Waals surface area contributed by atoms with Crippen LogP contribution in [0, 0.1) is 0 Å². The summed E-state index contributed by atoms with van der Waals surface area (Å²) >= 11 is 3.51. The predicted octanol–water partition coefficient (Wildman–Crippen LogP) is 33.3. The van der Waals surface area contributed by atoms with Crippen molar-refractivity contribution in [3.05, 3.63) is 466 Å². The number of benzene rings is 20. The standard InChI is InChI=1S/C58H38N2O.C34H23NO.C24H16BrN/c1-2-16-48-40(12-1)13-10-20-49(48)41-28-34-45(35-29-41)59(46-36-30-42(31-37-46)50-21-11-25-57-58(50)53-19-5-8-24-56(53)61-57)44-32-26-39(27-33-44)43-14-9-15-47(38-43)60-54-22-6-3-17-51(54)52-18-4-7-23-55(52)60;1-2-9-28-23(7-1)8-5-11-29(28)24-15-19-26(20-16-24)35-27-21-17-25(18-22-27)30-12-6-14-33-34(30)31-10-3-4-13-32(31)36-33;25-19-14-12-17(13-15-19)18-6-5-7-20(16-18)26-23-10-3-1-8-21(23)22-9-2-4-11-24(22)26/h1-38H;1-22,35H;1-16H. The van der Waals surface area contributed by atoms with Crippen LogP contribution in [0.1, 0.15) is 0 Å². The van der Waals surface area contributed by atoms with Gasteiger partial charge in [0.1, 0.15) is 22.3 Å². The summed E-state index contributed by atoms with van der Waals surface area (Å²) in [6, 6.07) is 164. The number of anilines is 5. The Morgan fingerprint density at radius 3 is 0.894 bits per heavy atom. The third-order valence-electron chi connectivity index (χ3n) is 23.9. The molecule has 0 unspecified atom stereocenters. The second-order valence-electron chi connectivity index (χ2n) is 31.2. The minimum Gasteiger partial charge on any atom is -0.456 e. The Morgan fingerprint density at radius 2 is 0.496 bits per heavy atom. The molecule has 0 aliphatic heterocycles. The van der Waals surface area contributed by atoms with E-state index in [1.54, 1.807) is 0 Å². The average molecular weight is 1640 g/mol. The molecule has 1 N–H and O–H groups in total. The van der Waals surface area contributed by atoms with Gasteiger partial charge >= 0.3 is 0 Å². The number of aromatic nitrogens is 2. The third-order valence-corrected chi connectivity index (χ3v) is 24.5. The maximum Gasteiger partial charge on any atom is 0.136 e. The van der Waals surface area contributed by atoms with Crippen LogP contribution in [0.25, 0.3) is 187 Å². The van der Waals surface area contributed by atoms with Crippen LogP contribution in [0.5, 0.6) is 0 Å². The maximum absolute atomic E-state index is 6.25. The topological polar surface area (TPSA) is 51.4 Å². The summed E-state index contributed by atoms with van der Waals surface area (Å²) in [5, 5.41) is 18.3. The molecule has 0 atom stereocenters. The molecular weight excluding hydrogens is 1560 g/mol. The van der Waals surface area contributed by atoms with Crippen molar-refractivity contribution in [1.29, 1.82) is 0 Å². The number of rotatable bonds is 13. The monoisotopic (exact) mass is 1640 g/mol. The van der Waals surface area contributed by atoms with Gasteiger partial charge in [-0.1, -0.05) is 331 Å². The molecular formula is C116H77BrN4O2. The molecule has 0 spiro atoms. The fourth-order valence-electron chi connectivity index (χ4n) is 18.1. The van der Waals surface area contributed by atoms with E-state index in [0.29, 0.717) is 0 Å². The second-order valence-corrected chi connectivity index (χ2v) is 32.1. The second kappa shape index (κ2) is 31.8. The lowest BCUT2D eigenvalue weighted by Crippen LogP contribution is -2.09. The molecule has 123 heavy (non-hydrogen) atoms. The molecule has 0 fully saturated rings. The highest BCUT2D eigenvalue weighted by Crippen LogP contribution is 2.45. The van der Waals surface area contributed by atoms with Crippen LogP contribution < -0.4 is 10.2 Å². The summed E-state index contributed by atoms with van der Waals surface area (Å²) < 4.78 is 18.2. The maximum atomic E-state index is 6.25. The molecule has 0 saturated heterocycles. The van der Waals surface area contributed by atoms with Gasteiger partial charge in [-0.3, -0.25) is 0 Å². The average Bonchev–Trinajstić information content (AvgIpc) is 1.62. The number of hydrogen-bond acceptors (Lipinski definition) is 4. The van der Waals surface area contributed by atoms with Crippen molar-refractivity contribution >= 4 is 153 Å². The fraction of sp³-hybridized carbons (Fsp3) is 0. The molecule has 0 aliphatic carbocycles. The molecule has 0 amide bonds. The Labute approximate surface area is 720 Å². The van der Waals surface area contributed by atoms with Crippen LogP contribution in [-0.2, 0) is 0 Å². The Bertz CT molecular complexity index is 7960. The Kier molecular flexibility index (Phi) is 19.0. The van der Waals surface area contributed by atoms with Gasteiger partial charge in [0, 0.05) is 87.4 Å². The van der Waals surface area contributed by atoms with E-state index < -0.39 is 0 Å². The minimum atomic E-state index is 0.899. The van der Waals surface area contributed by atoms with Crippen molar-refractivity contribution in [1.82, 2.24) is 9.13 Å². The zero-order valence-electron chi connectivity index (χ0n) is 66.9. The molecule has 24 rings (SSSR count). The molecule has 0 saturated carbocycles. The number of nitrogens with one attached hydrogen (secondary N) is 1. The number of fused-ring (bicyclic) bond motifs is 14. The molecule has 7 heteroatoms. The van der Waals surface area contributed by atoms with E-state index in [9.17, 15) is 0 Å². The zero-order chi connectivity index (χ0) is 81.7.